The second-order valence-corrected chi connectivity index (χ2v) is 6.31. The van der Waals surface area contributed by atoms with Crippen molar-refractivity contribution in [2.45, 2.75) is 49.3 Å². The van der Waals surface area contributed by atoms with Gasteiger partial charge in [-0.15, -0.1) is 5.12 Å². The minimum Gasteiger partial charge on any atom is -0.479 e. The Kier molecular flexibility index (Phi) is 7.78. The summed E-state index contributed by atoms with van der Waals surface area (Å²) < 4.78 is 4.92. The van der Waals surface area contributed by atoms with Gasteiger partial charge in [0, 0.05) is 0 Å². The van der Waals surface area contributed by atoms with E-state index in [1.54, 1.807) is 0 Å². The molecule has 0 radical (unpaired) electrons. The predicted octanol–water partition coefficient (Wildman–Crippen LogP) is -1.95. The highest BCUT2D eigenvalue weighted by atomic mass is 16.6. The molecule has 0 saturated carbocycles. The molecule has 0 aromatic heterocycles. The van der Waals surface area contributed by atoms with Gasteiger partial charge in [-0.3, -0.25) is 0 Å². The number of carbonyl (C=O) groups is 4. The van der Waals surface area contributed by atoms with Crippen LogP contribution in [0, 0.1) is 0 Å². The van der Waals surface area contributed by atoms with E-state index in [0.717, 1.165) is 0 Å². The Balaban J connectivity index is 2.95. The zero-order valence-electron chi connectivity index (χ0n) is 15.0. The largest absolute Gasteiger partial charge is 0.479 e. The summed E-state index contributed by atoms with van der Waals surface area (Å²) in [4.78, 5) is 46.9. The van der Waals surface area contributed by atoms with Gasteiger partial charge in [0.1, 0.15) is 6.10 Å². The lowest BCUT2D eigenvalue weighted by molar-refractivity contribution is -0.176. The van der Waals surface area contributed by atoms with E-state index in [1.807, 2.05) is 0 Å². The summed E-state index contributed by atoms with van der Waals surface area (Å²) in [6.07, 6.45) is -1.84. The second kappa shape index (κ2) is 9.38. The molecule has 0 aliphatic carbocycles. The summed E-state index contributed by atoms with van der Waals surface area (Å²) in [7, 11) is 0. The number of esters is 1. The molecule has 0 aromatic rings. The predicted molar refractivity (Wildman–Crippen MR) is 90.3 cm³/mol. The number of carbonyl (C=O) groups excluding carboxylic acids is 1. The van der Waals surface area contributed by atoms with Crippen molar-refractivity contribution >= 4 is 23.9 Å². The average molecular weight is 404 g/mol. The minimum absolute atomic E-state index is 0.0304. The van der Waals surface area contributed by atoms with Crippen LogP contribution in [0.2, 0.25) is 0 Å². The van der Waals surface area contributed by atoms with E-state index in [2.05, 4.69) is 10.4 Å². The van der Waals surface area contributed by atoms with Gasteiger partial charge in [-0.2, -0.15) is 0 Å². The average Bonchev–Trinajstić information content (AvgIpc) is 3.44. The molecule has 0 amide bonds. The van der Waals surface area contributed by atoms with Gasteiger partial charge < -0.3 is 37.3 Å². The molecule has 14 heteroatoms. The highest BCUT2D eigenvalue weighted by molar-refractivity contribution is 6.06. The standard InChI is InChI=1S/C14H24N6O8/c15-6-3-4-8(14(17,10(23)24)11(25)26)28-12(27)13(16,9(21)22)5-1-2-7-20-18-19-20/h8H,1-7,15-17H2,(H,21,22)(H,23,24)(H,25,26). The van der Waals surface area contributed by atoms with E-state index >= 15 is 0 Å². The lowest BCUT2D eigenvalue weighted by Gasteiger charge is -2.32. The molecule has 1 aliphatic rings. The molecule has 9 N–H and O–H groups in total. The number of carboxylic acid groups (broad SMARTS) is 3. The van der Waals surface area contributed by atoms with Crippen LogP contribution < -0.4 is 17.2 Å². The highest BCUT2D eigenvalue weighted by Crippen LogP contribution is 2.23. The molecule has 2 atom stereocenters. The first-order chi connectivity index (χ1) is 13.0. The van der Waals surface area contributed by atoms with Crippen LogP contribution in [0.5, 0.6) is 0 Å². The van der Waals surface area contributed by atoms with Crippen LogP contribution in [-0.4, -0.2) is 74.6 Å². The molecular formula is C14H24N6O8. The quantitative estimate of drug-likeness (QED) is 0.105. The Hall–Kier alpha value is -2.84. The molecule has 28 heavy (non-hydrogen) atoms. The zero-order chi connectivity index (χ0) is 21.5. The van der Waals surface area contributed by atoms with Crippen molar-refractivity contribution in [3.05, 3.63) is 0 Å². The third kappa shape index (κ3) is 5.34. The van der Waals surface area contributed by atoms with E-state index in [4.69, 9.17) is 21.9 Å². The summed E-state index contributed by atoms with van der Waals surface area (Å²) in [5.41, 5.74) is 11.0. The molecule has 1 heterocycles. The van der Waals surface area contributed by atoms with Gasteiger partial charge in [0.15, 0.2) is 0 Å². The minimum atomic E-state index is -2.99. The monoisotopic (exact) mass is 404 g/mol. The number of hydrogen-bond acceptors (Lipinski definition) is 11. The molecule has 14 nitrogen and oxygen atoms in total. The third-order valence-corrected chi connectivity index (χ3v) is 4.28. The molecule has 0 fully saturated rings. The van der Waals surface area contributed by atoms with Crippen LogP contribution >= 0.6 is 0 Å². The second-order valence-electron chi connectivity index (χ2n) is 6.31. The Morgan fingerprint density at radius 1 is 0.964 bits per heavy atom. The van der Waals surface area contributed by atoms with Gasteiger partial charge >= 0.3 is 23.9 Å². The highest BCUT2D eigenvalue weighted by Gasteiger charge is 2.54. The van der Waals surface area contributed by atoms with Crippen LogP contribution in [0.3, 0.4) is 0 Å². The summed E-state index contributed by atoms with van der Waals surface area (Å²) >= 11 is 0. The Labute approximate surface area is 159 Å². The maximum absolute atomic E-state index is 12.5. The van der Waals surface area contributed by atoms with Crippen LogP contribution in [0.1, 0.15) is 32.1 Å². The van der Waals surface area contributed by atoms with E-state index in [9.17, 15) is 34.5 Å². The van der Waals surface area contributed by atoms with Crippen molar-refractivity contribution in [1.82, 2.24) is 5.12 Å². The summed E-state index contributed by atoms with van der Waals surface area (Å²) in [6, 6.07) is 0. The van der Waals surface area contributed by atoms with Crippen molar-refractivity contribution in [2.75, 3.05) is 13.1 Å². The van der Waals surface area contributed by atoms with Gasteiger partial charge in [-0.1, -0.05) is 0 Å². The summed E-state index contributed by atoms with van der Waals surface area (Å²) in [6.45, 7) is 0.441. The van der Waals surface area contributed by atoms with Crippen molar-refractivity contribution in [3.63, 3.8) is 0 Å². The van der Waals surface area contributed by atoms with E-state index in [0.29, 0.717) is 13.0 Å². The summed E-state index contributed by atoms with van der Waals surface area (Å²) in [5, 5.41) is 36.2. The first-order valence-corrected chi connectivity index (χ1v) is 8.38. The molecule has 2 unspecified atom stereocenters. The first-order valence-electron chi connectivity index (χ1n) is 8.38. The van der Waals surface area contributed by atoms with Gasteiger partial charge in [0.05, 0.1) is 6.54 Å². The fraction of sp³-hybridized carbons (Fsp3) is 0.714. The maximum atomic E-state index is 12.5. The number of nitrogens with two attached hydrogens (primary N) is 3. The van der Waals surface area contributed by atoms with Crippen LogP contribution in [0.4, 0.5) is 0 Å². The van der Waals surface area contributed by atoms with Crippen molar-refractivity contribution in [3.8, 4) is 0 Å². The number of rotatable bonds is 14. The Bertz CT molecular complexity index is 636. The molecule has 1 aliphatic heterocycles. The van der Waals surface area contributed by atoms with Crippen LogP contribution in [-0.2, 0) is 23.9 Å². The molecule has 0 saturated heterocycles. The third-order valence-electron chi connectivity index (χ3n) is 4.28. The van der Waals surface area contributed by atoms with E-state index in [1.165, 1.54) is 5.12 Å². The number of ether oxygens (including phenoxy) is 1. The lowest BCUT2D eigenvalue weighted by atomic mass is 9.89. The topological polar surface area (TPSA) is 244 Å². The van der Waals surface area contributed by atoms with E-state index < -0.39 is 41.1 Å². The molecule has 0 bridgehead atoms. The maximum Gasteiger partial charge on any atom is 0.339 e. The SMILES string of the molecule is NCCCC(OC(=O)C(N)(CCCCN1N=N1)C(=O)O)C(N)(C(=O)O)C(=O)O. The molecule has 0 aromatic carbocycles. The number of unbranched alkanes of at least 4 members (excludes halogenated alkanes) is 1. The molecule has 1 rings (SSSR count). The number of aliphatic carboxylic acids is 3. The molecular weight excluding hydrogens is 380 g/mol. The van der Waals surface area contributed by atoms with Crippen molar-refractivity contribution in [1.29, 1.82) is 0 Å². The molecule has 0 spiro atoms. The smallest absolute Gasteiger partial charge is 0.339 e. The van der Waals surface area contributed by atoms with E-state index in [-0.39, 0.29) is 32.2 Å². The van der Waals surface area contributed by atoms with Crippen LogP contribution in [0.15, 0.2) is 10.4 Å². The first kappa shape index (κ1) is 23.2. The van der Waals surface area contributed by atoms with Crippen molar-refractivity contribution in [2.24, 2.45) is 27.6 Å². The van der Waals surface area contributed by atoms with Crippen molar-refractivity contribution < 1.29 is 39.2 Å². The normalized spacial score (nSPS) is 16.2. The fourth-order valence-corrected chi connectivity index (χ4v) is 2.36. The Morgan fingerprint density at radius 2 is 1.54 bits per heavy atom. The van der Waals surface area contributed by atoms with Crippen LogP contribution in [0.25, 0.3) is 0 Å². The number of carboxylic acids is 3. The van der Waals surface area contributed by atoms with Gasteiger partial charge in [-0.05, 0) is 49.1 Å². The zero-order valence-corrected chi connectivity index (χ0v) is 15.0. The fourth-order valence-electron chi connectivity index (χ4n) is 2.36. The number of hydrogen-bond donors (Lipinski definition) is 6. The summed E-state index contributed by atoms with van der Waals surface area (Å²) in [5.74, 6) is -7.11. The number of nitrogens with zero attached hydrogens (tertiary/aromatic N) is 3. The van der Waals surface area contributed by atoms with Gasteiger partial charge in [-0.25, -0.2) is 19.2 Å². The Morgan fingerprint density at radius 3 is 1.96 bits per heavy atom. The lowest BCUT2D eigenvalue weighted by Crippen LogP contribution is -2.66. The van der Waals surface area contributed by atoms with Gasteiger partial charge in [0.25, 0.3) is 0 Å². The van der Waals surface area contributed by atoms with Gasteiger partial charge in [0.2, 0.25) is 11.1 Å². The molecule has 158 valence electrons.